The zero-order chi connectivity index (χ0) is 11.4. The summed E-state index contributed by atoms with van der Waals surface area (Å²) in [5, 5.41) is 0. The molecule has 0 unspecified atom stereocenters. The van der Waals surface area contributed by atoms with Crippen LogP contribution in [0.15, 0.2) is 48.2 Å². The Labute approximate surface area is 95.2 Å². The first-order valence-corrected chi connectivity index (χ1v) is 5.36. The molecule has 0 amide bonds. The minimum absolute atomic E-state index is 0.155. The smallest absolute Gasteiger partial charge is 0.156 e. The molecule has 1 aliphatic carbocycles. The van der Waals surface area contributed by atoms with E-state index < -0.39 is 0 Å². The Morgan fingerprint density at radius 2 is 1.94 bits per heavy atom. The fraction of sp³-hybridized carbons (Fsp3) is 0.214. The first kappa shape index (κ1) is 10.7. The van der Waals surface area contributed by atoms with Crippen LogP contribution < -0.4 is 0 Å². The molecular formula is C14H14O2. The van der Waals surface area contributed by atoms with Crippen LogP contribution in [0.2, 0.25) is 0 Å². The van der Waals surface area contributed by atoms with Crippen LogP contribution in [0, 0.1) is 0 Å². The minimum Gasteiger partial charge on any atom is -0.496 e. The third-order valence-corrected chi connectivity index (χ3v) is 2.60. The van der Waals surface area contributed by atoms with Gasteiger partial charge < -0.3 is 4.74 Å². The first-order chi connectivity index (χ1) is 7.81. The molecule has 0 aromatic heterocycles. The molecule has 0 saturated heterocycles. The van der Waals surface area contributed by atoms with E-state index in [9.17, 15) is 4.79 Å². The molecule has 2 nitrogen and oxygen atoms in total. The van der Waals surface area contributed by atoms with Crippen LogP contribution in [0.5, 0.6) is 0 Å². The lowest BCUT2D eigenvalue weighted by molar-refractivity contribution is -0.114. The summed E-state index contributed by atoms with van der Waals surface area (Å²) in [4.78, 5) is 11.6. The van der Waals surface area contributed by atoms with Gasteiger partial charge in [-0.05, 0) is 24.1 Å². The van der Waals surface area contributed by atoms with Crippen LogP contribution in [0.1, 0.15) is 18.4 Å². The summed E-state index contributed by atoms with van der Waals surface area (Å²) in [5.74, 6) is 0.944. The molecule has 0 aliphatic heterocycles. The predicted molar refractivity (Wildman–Crippen MR) is 63.8 cm³/mol. The van der Waals surface area contributed by atoms with Gasteiger partial charge in [-0.3, -0.25) is 4.79 Å². The number of ether oxygens (including phenoxy) is 1. The SMILES string of the molecule is COC1=CCCC(=O)C=C1c1ccccc1. The van der Waals surface area contributed by atoms with Crippen LogP contribution in [0.4, 0.5) is 0 Å². The highest BCUT2D eigenvalue weighted by molar-refractivity contribution is 6.00. The van der Waals surface area contributed by atoms with E-state index in [2.05, 4.69) is 0 Å². The van der Waals surface area contributed by atoms with Crippen molar-refractivity contribution in [1.82, 2.24) is 0 Å². The molecular weight excluding hydrogens is 200 g/mol. The Morgan fingerprint density at radius 3 is 2.62 bits per heavy atom. The molecule has 82 valence electrons. The summed E-state index contributed by atoms with van der Waals surface area (Å²) in [7, 11) is 1.64. The van der Waals surface area contributed by atoms with E-state index in [1.54, 1.807) is 13.2 Å². The average Bonchev–Trinajstić information content (AvgIpc) is 2.52. The lowest BCUT2D eigenvalue weighted by atomic mass is 10.0. The highest BCUT2D eigenvalue weighted by atomic mass is 16.5. The van der Waals surface area contributed by atoms with Crippen LogP contribution in [-0.2, 0) is 9.53 Å². The van der Waals surface area contributed by atoms with Gasteiger partial charge in [-0.2, -0.15) is 0 Å². The maximum atomic E-state index is 11.6. The van der Waals surface area contributed by atoms with Crippen LogP contribution >= 0.6 is 0 Å². The summed E-state index contributed by atoms with van der Waals surface area (Å²) in [6.07, 6.45) is 4.96. The molecule has 16 heavy (non-hydrogen) atoms. The second-order valence-corrected chi connectivity index (χ2v) is 3.70. The van der Waals surface area contributed by atoms with Gasteiger partial charge >= 0.3 is 0 Å². The highest BCUT2D eigenvalue weighted by Gasteiger charge is 2.13. The van der Waals surface area contributed by atoms with Crippen molar-refractivity contribution in [3.63, 3.8) is 0 Å². The third-order valence-electron chi connectivity index (χ3n) is 2.60. The van der Waals surface area contributed by atoms with Crippen molar-refractivity contribution in [2.45, 2.75) is 12.8 Å². The van der Waals surface area contributed by atoms with Crippen molar-refractivity contribution in [2.24, 2.45) is 0 Å². The molecule has 0 bridgehead atoms. The molecule has 0 radical (unpaired) electrons. The Kier molecular flexibility index (Phi) is 3.20. The zero-order valence-electron chi connectivity index (χ0n) is 9.27. The number of carbonyl (C=O) groups is 1. The number of allylic oxidation sites excluding steroid dienone is 3. The molecule has 0 fully saturated rings. The normalized spacial score (nSPS) is 16.2. The van der Waals surface area contributed by atoms with Gasteiger partial charge in [0.2, 0.25) is 0 Å². The van der Waals surface area contributed by atoms with Crippen molar-refractivity contribution in [3.8, 4) is 0 Å². The van der Waals surface area contributed by atoms with Crippen LogP contribution in [0.25, 0.3) is 5.57 Å². The fourth-order valence-corrected chi connectivity index (χ4v) is 1.80. The first-order valence-electron chi connectivity index (χ1n) is 5.36. The third kappa shape index (κ3) is 2.22. The van der Waals surface area contributed by atoms with Gasteiger partial charge in [-0.1, -0.05) is 30.3 Å². The van der Waals surface area contributed by atoms with Gasteiger partial charge in [-0.15, -0.1) is 0 Å². The van der Waals surface area contributed by atoms with Crippen molar-refractivity contribution in [1.29, 1.82) is 0 Å². The van der Waals surface area contributed by atoms with Crippen molar-refractivity contribution in [2.75, 3.05) is 7.11 Å². The highest BCUT2D eigenvalue weighted by Crippen LogP contribution is 2.26. The summed E-state index contributed by atoms with van der Waals surface area (Å²) in [6.45, 7) is 0. The van der Waals surface area contributed by atoms with E-state index >= 15 is 0 Å². The molecule has 1 aromatic carbocycles. The predicted octanol–water partition coefficient (Wildman–Crippen LogP) is 2.96. The quantitative estimate of drug-likeness (QED) is 0.756. The standard InChI is InChI=1S/C14H14O2/c1-16-14-9-5-8-12(15)10-13(14)11-6-3-2-4-7-11/h2-4,6-7,9-10H,5,8H2,1H3. The molecule has 2 rings (SSSR count). The Bertz CT molecular complexity index is 441. The summed E-state index contributed by atoms with van der Waals surface area (Å²) >= 11 is 0. The largest absolute Gasteiger partial charge is 0.496 e. The maximum absolute atomic E-state index is 11.6. The number of hydrogen-bond acceptors (Lipinski definition) is 2. The summed E-state index contributed by atoms with van der Waals surface area (Å²) in [6, 6.07) is 9.84. The van der Waals surface area contributed by atoms with Crippen molar-refractivity contribution < 1.29 is 9.53 Å². The van der Waals surface area contributed by atoms with Gasteiger partial charge in [-0.25, -0.2) is 0 Å². The van der Waals surface area contributed by atoms with E-state index in [4.69, 9.17) is 4.74 Å². The summed E-state index contributed by atoms with van der Waals surface area (Å²) in [5.41, 5.74) is 1.90. The summed E-state index contributed by atoms with van der Waals surface area (Å²) < 4.78 is 5.33. The lowest BCUT2D eigenvalue weighted by Crippen LogP contribution is -1.94. The lowest BCUT2D eigenvalue weighted by Gasteiger charge is -2.09. The second kappa shape index (κ2) is 4.79. The van der Waals surface area contributed by atoms with E-state index in [0.29, 0.717) is 6.42 Å². The number of rotatable bonds is 2. The van der Waals surface area contributed by atoms with Gasteiger partial charge in [0.1, 0.15) is 5.76 Å². The van der Waals surface area contributed by atoms with Gasteiger partial charge in [0, 0.05) is 12.0 Å². The van der Waals surface area contributed by atoms with Gasteiger partial charge in [0.15, 0.2) is 5.78 Å². The Hall–Kier alpha value is -1.83. The van der Waals surface area contributed by atoms with E-state index in [1.165, 1.54) is 0 Å². The van der Waals surface area contributed by atoms with E-state index in [0.717, 1.165) is 23.3 Å². The molecule has 0 heterocycles. The number of ketones is 1. The van der Waals surface area contributed by atoms with Crippen LogP contribution in [0.3, 0.4) is 0 Å². The zero-order valence-corrected chi connectivity index (χ0v) is 9.27. The molecule has 0 saturated carbocycles. The molecule has 0 N–H and O–H groups in total. The van der Waals surface area contributed by atoms with Crippen molar-refractivity contribution in [3.05, 3.63) is 53.8 Å². The molecule has 1 aliphatic rings. The Morgan fingerprint density at radius 1 is 1.19 bits per heavy atom. The van der Waals surface area contributed by atoms with Gasteiger partial charge in [0.05, 0.1) is 7.11 Å². The Balaban J connectivity index is 2.45. The average molecular weight is 214 g/mol. The fourth-order valence-electron chi connectivity index (χ4n) is 1.80. The maximum Gasteiger partial charge on any atom is 0.156 e. The molecule has 0 spiro atoms. The van der Waals surface area contributed by atoms with E-state index in [-0.39, 0.29) is 5.78 Å². The number of carbonyl (C=O) groups excluding carboxylic acids is 1. The topological polar surface area (TPSA) is 26.3 Å². The molecule has 2 heteroatoms. The number of benzene rings is 1. The van der Waals surface area contributed by atoms with Gasteiger partial charge in [0.25, 0.3) is 0 Å². The van der Waals surface area contributed by atoms with E-state index in [1.807, 2.05) is 36.4 Å². The monoisotopic (exact) mass is 214 g/mol. The molecule has 1 aromatic rings. The number of methoxy groups -OCH3 is 1. The van der Waals surface area contributed by atoms with Crippen LogP contribution in [-0.4, -0.2) is 12.9 Å². The molecule has 0 atom stereocenters. The second-order valence-electron chi connectivity index (χ2n) is 3.70. The van der Waals surface area contributed by atoms with Crippen molar-refractivity contribution >= 4 is 11.4 Å². The number of hydrogen-bond donors (Lipinski definition) is 0. The minimum atomic E-state index is 0.155.